The number of esters is 1. The number of alkyl halides is 1. The van der Waals surface area contributed by atoms with Crippen molar-refractivity contribution in [3.05, 3.63) is 78.4 Å². The highest BCUT2D eigenvalue weighted by Gasteiger charge is 2.69. The molecule has 1 heterocycles. The summed E-state index contributed by atoms with van der Waals surface area (Å²) < 4.78 is 68.9. The van der Waals surface area contributed by atoms with Crippen LogP contribution in [0.5, 0.6) is 0 Å². The summed E-state index contributed by atoms with van der Waals surface area (Å²) >= 11 is 0. The van der Waals surface area contributed by atoms with Crippen LogP contribution < -0.4 is 0 Å². The Labute approximate surface area is 178 Å². The molecule has 0 spiro atoms. The molecule has 0 N–H and O–H groups in total. The number of benzene rings is 3. The molecule has 0 saturated heterocycles. The molecular formula is C22H17FO6S2. The number of ether oxygens (including phenoxy) is 1. The van der Waals surface area contributed by atoms with E-state index in [1.807, 2.05) is 24.3 Å². The molecule has 3 aromatic carbocycles. The maximum Gasteiger partial charge on any atom is 0.357 e. The zero-order valence-corrected chi connectivity index (χ0v) is 17.9. The molecule has 4 rings (SSSR count). The van der Waals surface area contributed by atoms with Crippen molar-refractivity contribution in [1.82, 2.24) is 0 Å². The second-order valence-electron chi connectivity index (χ2n) is 7.03. The Morgan fingerprint density at radius 1 is 0.903 bits per heavy atom. The van der Waals surface area contributed by atoms with Crippen LogP contribution in [0.3, 0.4) is 0 Å². The molecule has 31 heavy (non-hydrogen) atoms. The molecular weight excluding hydrogens is 443 g/mol. The first kappa shape index (κ1) is 21.2. The average molecular weight is 461 g/mol. The number of rotatable bonds is 4. The summed E-state index contributed by atoms with van der Waals surface area (Å²) in [5.41, 5.74) is 0.546. The van der Waals surface area contributed by atoms with E-state index in [0.29, 0.717) is 5.56 Å². The number of carbonyl (C=O) groups excluding carboxylic acids is 1. The van der Waals surface area contributed by atoms with Gasteiger partial charge in [-0.3, -0.25) is 4.79 Å². The van der Waals surface area contributed by atoms with Gasteiger partial charge in [0.2, 0.25) is 19.7 Å². The van der Waals surface area contributed by atoms with Gasteiger partial charge in [0, 0.05) is 6.92 Å². The molecule has 0 radical (unpaired) electrons. The van der Waals surface area contributed by atoms with Crippen molar-refractivity contribution >= 4 is 42.5 Å². The highest BCUT2D eigenvalue weighted by Crippen LogP contribution is 2.49. The van der Waals surface area contributed by atoms with Crippen molar-refractivity contribution < 1.29 is 30.8 Å². The van der Waals surface area contributed by atoms with Crippen molar-refractivity contribution in [3.8, 4) is 0 Å². The summed E-state index contributed by atoms with van der Waals surface area (Å²) in [5.74, 6) is -1.02. The lowest BCUT2D eigenvalue weighted by molar-refractivity contribution is -0.146. The summed E-state index contributed by atoms with van der Waals surface area (Å²) in [7, 11) is -10.0. The minimum absolute atomic E-state index is 0.546. The van der Waals surface area contributed by atoms with E-state index in [0.717, 1.165) is 35.9 Å². The average Bonchev–Trinajstić information content (AvgIpc) is 2.86. The highest BCUT2D eigenvalue weighted by molar-refractivity contribution is 8.12. The first-order valence-electron chi connectivity index (χ1n) is 9.20. The Bertz CT molecular complexity index is 1390. The molecule has 1 unspecified atom stereocenters. The van der Waals surface area contributed by atoms with Gasteiger partial charge in [-0.25, -0.2) is 21.2 Å². The minimum atomic E-state index is -5.02. The fourth-order valence-electron chi connectivity index (χ4n) is 3.56. The Morgan fingerprint density at radius 2 is 1.45 bits per heavy atom. The fourth-order valence-corrected chi connectivity index (χ4v) is 8.56. The predicted octanol–water partition coefficient (Wildman–Crippen LogP) is 3.67. The summed E-state index contributed by atoms with van der Waals surface area (Å²) in [6, 6.07) is 17.3. The standard InChI is InChI=1S/C22H17FO6S2/c1-15(24)29-21(13-11-16-10-12-17-6-2-3-7-18(17)14-16)22(23)30(25,26)19-8-4-5-9-20(19)31(22,27)28/h2-14,21H,1H3. The highest BCUT2D eigenvalue weighted by atomic mass is 32.3. The fraction of sp³-hybridized carbons (Fsp3) is 0.136. The molecule has 1 aliphatic heterocycles. The van der Waals surface area contributed by atoms with Crippen molar-refractivity contribution in [2.24, 2.45) is 0 Å². The van der Waals surface area contributed by atoms with Crippen molar-refractivity contribution in [2.45, 2.75) is 27.2 Å². The SMILES string of the molecule is CC(=O)OC(C=Cc1ccc2ccccc2c1)C1(F)S(=O)(=O)c2ccccc2S1(=O)=O. The first-order valence-corrected chi connectivity index (χ1v) is 12.2. The second-order valence-corrected chi connectivity index (χ2v) is 11.4. The van der Waals surface area contributed by atoms with Gasteiger partial charge in [-0.1, -0.05) is 54.6 Å². The maximum absolute atomic E-state index is 16.1. The van der Waals surface area contributed by atoms with Crippen molar-refractivity contribution in [3.63, 3.8) is 0 Å². The number of fused-ring (bicyclic) bond motifs is 2. The molecule has 6 nitrogen and oxygen atoms in total. The van der Waals surface area contributed by atoms with E-state index in [4.69, 9.17) is 4.74 Å². The Balaban J connectivity index is 1.84. The third kappa shape index (κ3) is 3.16. The Kier molecular flexibility index (Phi) is 4.98. The Morgan fingerprint density at radius 3 is 2.03 bits per heavy atom. The zero-order valence-electron chi connectivity index (χ0n) is 16.2. The van der Waals surface area contributed by atoms with E-state index in [1.54, 1.807) is 18.2 Å². The zero-order chi connectivity index (χ0) is 22.4. The van der Waals surface area contributed by atoms with E-state index in [9.17, 15) is 21.6 Å². The summed E-state index contributed by atoms with van der Waals surface area (Å²) in [5, 5.41) is 1.83. The number of halogens is 1. The summed E-state index contributed by atoms with van der Waals surface area (Å²) in [6.07, 6.45) is 0.0703. The molecule has 0 saturated carbocycles. The van der Waals surface area contributed by atoms with Crippen LogP contribution >= 0.6 is 0 Å². The van der Waals surface area contributed by atoms with Crippen LogP contribution in [0, 0.1) is 0 Å². The number of hydrogen-bond acceptors (Lipinski definition) is 6. The number of hydrogen-bond donors (Lipinski definition) is 0. The lowest BCUT2D eigenvalue weighted by Crippen LogP contribution is -2.48. The topological polar surface area (TPSA) is 94.6 Å². The van der Waals surface area contributed by atoms with Crippen LogP contribution in [0.4, 0.5) is 4.39 Å². The van der Waals surface area contributed by atoms with Gasteiger partial charge in [-0.2, -0.15) is 0 Å². The summed E-state index contributed by atoms with van der Waals surface area (Å²) in [4.78, 5) is 10.3. The predicted molar refractivity (Wildman–Crippen MR) is 113 cm³/mol. The quantitative estimate of drug-likeness (QED) is 0.552. The van der Waals surface area contributed by atoms with Gasteiger partial charge in [0.25, 0.3) is 0 Å². The molecule has 1 atom stereocenters. The Hall–Kier alpha value is -3.04. The van der Waals surface area contributed by atoms with Crippen LogP contribution in [-0.2, 0) is 29.2 Å². The molecule has 0 aliphatic carbocycles. The third-order valence-electron chi connectivity index (χ3n) is 5.03. The smallest absolute Gasteiger partial charge is 0.357 e. The van der Waals surface area contributed by atoms with Crippen molar-refractivity contribution in [2.75, 3.05) is 0 Å². The molecule has 9 heteroatoms. The van der Waals surface area contributed by atoms with E-state index < -0.39 is 45.9 Å². The van der Waals surface area contributed by atoms with Gasteiger partial charge < -0.3 is 4.74 Å². The normalized spacial score (nSPS) is 19.2. The molecule has 3 aromatic rings. The monoisotopic (exact) mass is 460 g/mol. The largest absolute Gasteiger partial charge is 0.452 e. The van der Waals surface area contributed by atoms with Gasteiger partial charge in [-0.15, -0.1) is 0 Å². The molecule has 0 bridgehead atoms. The van der Waals surface area contributed by atoms with Crippen LogP contribution in [0.1, 0.15) is 12.5 Å². The van der Waals surface area contributed by atoms with Crippen molar-refractivity contribution in [1.29, 1.82) is 0 Å². The van der Waals surface area contributed by atoms with Crippen LogP contribution in [-0.4, -0.2) is 33.2 Å². The van der Waals surface area contributed by atoms with Crippen LogP contribution in [0.15, 0.2) is 82.6 Å². The van der Waals surface area contributed by atoms with Gasteiger partial charge in [0.1, 0.15) is 0 Å². The van der Waals surface area contributed by atoms with E-state index in [1.165, 1.54) is 18.2 Å². The molecule has 1 aliphatic rings. The second kappa shape index (κ2) is 7.28. The molecule has 0 amide bonds. The minimum Gasteiger partial charge on any atom is -0.452 e. The molecule has 0 fully saturated rings. The van der Waals surface area contributed by atoms with Crippen LogP contribution in [0.2, 0.25) is 0 Å². The molecule has 160 valence electrons. The lowest BCUT2D eigenvalue weighted by atomic mass is 10.1. The third-order valence-corrected chi connectivity index (χ3v) is 10.3. The van der Waals surface area contributed by atoms with Gasteiger partial charge in [0.15, 0.2) is 6.10 Å². The van der Waals surface area contributed by atoms with E-state index >= 15 is 4.39 Å². The first-order chi connectivity index (χ1) is 14.6. The summed E-state index contributed by atoms with van der Waals surface area (Å²) in [6.45, 7) is 0.946. The van der Waals surface area contributed by atoms with Gasteiger partial charge in [-0.05, 0) is 40.6 Å². The number of carbonyl (C=O) groups is 1. The lowest BCUT2D eigenvalue weighted by Gasteiger charge is -2.25. The van der Waals surface area contributed by atoms with Gasteiger partial charge in [0.05, 0.1) is 9.79 Å². The van der Waals surface area contributed by atoms with E-state index in [2.05, 4.69) is 0 Å². The van der Waals surface area contributed by atoms with Crippen LogP contribution in [0.25, 0.3) is 16.8 Å². The number of sulfone groups is 2. The van der Waals surface area contributed by atoms with Gasteiger partial charge >= 0.3 is 10.3 Å². The maximum atomic E-state index is 16.1. The molecule has 0 aromatic heterocycles. The van der Waals surface area contributed by atoms with E-state index in [-0.39, 0.29) is 0 Å².